The summed E-state index contributed by atoms with van der Waals surface area (Å²) in [5.74, 6) is 0.186. The van der Waals surface area contributed by atoms with Crippen molar-refractivity contribution in [1.82, 2.24) is 14.5 Å². The van der Waals surface area contributed by atoms with Crippen molar-refractivity contribution in [3.8, 4) is 5.88 Å². The lowest BCUT2D eigenvalue weighted by atomic mass is 10.1. The van der Waals surface area contributed by atoms with E-state index in [1.165, 1.54) is 30.1 Å². The predicted molar refractivity (Wildman–Crippen MR) is 91.5 cm³/mol. The van der Waals surface area contributed by atoms with Crippen LogP contribution in [0.3, 0.4) is 0 Å². The number of fused-ring (bicyclic) bond motifs is 1. The van der Waals surface area contributed by atoms with Crippen molar-refractivity contribution >= 4 is 11.0 Å². The van der Waals surface area contributed by atoms with E-state index in [0.29, 0.717) is 24.2 Å². The van der Waals surface area contributed by atoms with Crippen molar-refractivity contribution in [1.29, 1.82) is 0 Å². The molecule has 2 heterocycles. The van der Waals surface area contributed by atoms with Gasteiger partial charge < -0.3 is 9.47 Å². The standard InChI is InChI=1S/C18H16F3N3O3/c1-26-9-8-24-11-22-14-6-7-15(23-16(14)17(24)25)27-10-12-2-4-13(5-3-12)18(19,20)21/h2-7,11H,8-10H2,1H3. The number of nitrogens with zero attached hydrogens (tertiary/aromatic N) is 3. The number of rotatable bonds is 6. The van der Waals surface area contributed by atoms with Gasteiger partial charge in [-0.1, -0.05) is 12.1 Å². The molecule has 142 valence electrons. The summed E-state index contributed by atoms with van der Waals surface area (Å²) in [6, 6.07) is 7.81. The van der Waals surface area contributed by atoms with Crippen LogP contribution in [0.1, 0.15) is 11.1 Å². The number of benzene rings is 1. The summed E-state index contributed by atoms with van der Waals surface area (Å²) in [6.45, 7) is 0.725. The molecule has 0 N–H and O–H groups in total. The number of hydrogen-bond donors (Lipinski definition) is 0. The van der Waals surface area contributed by atoms with Crippen LogP contribution in [0.4, 0.5) is 13.2 Å². The van der Waals surface area contributed by atoms with E-state index in [1.807, 2.05) is 0 Å². The summed E-state index contributed by atoms with van der Waals surface area (Å²) in [5.41, 5.74) is 0.0810. The van der Waals surface area contributed by atoms with Gasteiger partial charge in [0, 0.05) is 13.2 Å². The van der Waals surface area contributed by atoms with Gasteiger partial charge in [-0.3, -0.25) is 9.36 Å². The molecule has 2 aromatic heterocycles. The summed E-state index contributed by atoms with van der Waals surface area (Å²) in [4.78, 5) is 20.8. The molecule has 3 rings (SSSR count). The summed E-state index contributed by atoms with van der Waals surface area (Å²) in [7, 11) is 1.53. The minimum absolute atomic E-state index is 0.0226. The Hall–Kier alpha value is -2.94. The van der Waals surface area contributed by atoms with Crippen molar-refractivity contribution in [2.24, 2.45) is 0 Å². The molecule has 0 radical (unpaired) electrons. The van der Waals surface area contributed by atoms with Crippen LogP contribution in [0.15, 0.2) is 47.5 Å². The van der Waals surface area contributed by atoms with Crippen molar-refractivity contribution < 1.29 is 22.6 Å². The van der Waals surface area contributed by atoms with E-state index in [0.717, 1.165) is 12.1 Å². The molecule has 27 heavy (non-hydrogen) atoms. The van der Waals surface area contributed by atoms with Crippen molar-refractivity contribution in [2.45, 2.75) is 19.3 Å². The fourth-order valence-corrected chi connectivity index (χ4v) is 2.39. The smallest absolute Gasteiger partial charge is 0.416 e. The molecule has 0 bridgehead atoms. The first-order chi connectivity index (χ1) is 12.9. The number of hydrogen-bond acceptors (Lipinski definition) is 5. The summed E-state index contributed by atoms with van der Waals surface area (Å²) in [6.07, 6.45) is -2.96. The first kappa shape index (κ1) is 18.8. The average molecular weight is 379 g/mol. The number of alkyl halides is 3. The van der Waals surface area contributed by atoms with Crippen LogP contribution >= 0.6 is 0 Å². The van der Waals surface area contributed by atoms with Gasteiger partial charge in [0.1, 0.15) is 6.61 Å². The van der Waals surface area contributed by atoms with Crippen molar-refractivity contribution in [2.75, 3.05) is 13.7 Å². The Morgan fingerprint density at radius 2 is 1.85 bits per heavy atom. The lowest BCUT2D eigenvalue weighted by Gasteiger charge is -2.09. The Kier molecular flexibility index (Phi) is 5.41. The third-order valence-electron chi connectivity index (χ3n) is 3.85. The third kappa shape index (κ3) is 4.43. The molecule has 0 spiro atoms. The van der Waals surface area contributed by atoms with E-state index in [4.69, 9.17) is 9.47 Å². The molecule has 0 atom stereocenters. The van der Waals surface area contributed by atoms with Gasteiger partial charge in [-0.2, -0.15) is 13.2 Å². The Bertz CT molecular complexity index is 985. The van der Waals surface area contributed by atoms with Gasteiger partial charge in [-0.15, -0.1) is 0 Å². The van der Waals surface area contributed by atoms with Crippen LogP contribution in [0.5, 0.6) is 5.88 Å². The fraction of sp³-hybridized carbons (Fsp3) is 0.278. The Morgan fingerprint density at radius 3 is 2.52 bits per heavy atom. The lowest BCUT2D eigenvalue weighted by Crippen LogP contribution is -2.23. The zero-order valence-corrected chi connectivity index (χ0v) is 14.4. The average Bonchev–Trinajstić information content (AvgIpc) is 2.66. The highest BCUT2D eigenvalue weighted by atomic mass is 19.4. The van der Waals surface area contributed by atoms with Crippen molar-refractivity contribution in [3.63, 3.8) is 0 Å². The molecule has 0 aliphatic carbocycles. The van der Waals surface area contributed by atoms with Gasteiger partial charge in [0.2, 0.25) is 5.88 Å². The maximum absolute atomic E-state index is 12.6. The van der Waals surface area contributed by atoms with E-state index in [2.05, 4.69) is 9.97 Å². The second-order valence-corrected chi connectivity index (χ2v) is 5.74. The van der Waals surface area contributed by atoms with Gasteiger partial charge in [0.25, 0.3) is 5.56 Å². The normalized spacial score (nSPS) is 11.7. The highest BCUT2D eigenvalue weighted by Gasteiger charge is 2.29. The van der Waals surface area contributed by atoms with Crippen LogP contribution in [0, 0.1) is 0 Å². The van der Waals surface area contributed by atoms with E-state index < -0.39 is 11.7 Å². The monoisotopic (exact) mass is 379 g/mol. The third-order valence-corrected chi connectivity index (χ3v) is 3.85. The van der Waals surface area contributed by atoms with Gasteiger partial charge in [0.05, 0.1) is 30.6 Å². The Balaban J connectivity index is 1.77. The molecule has 0 saturated carbocycles. The molecule has 0 aliphatic heterocycles. The Labute approximate surface area is 152 Å². The molecule has 0 saturated heterocycles. The van der Waals surface area contributed by atoms with Gasteiger partial charge >= 0.3 is 6.18 Å². The van der Waals surface area contributed by atoms with Crippen molar-refractivity contribution in [3.05, 3.63) is 64.2 Å². The molecule has 0 fully saturated rings. The highest BCUT2D eigenvalue weighted by Crippen LogP contribution is 2.29. The second kappa shape index (κ2) is 7.75. The quantitative estimate of drug-likeness (QED) is 0.659. The number of halogens is 3. The molecule has 9 heteroatoms. The first-order valence-corrected chi connectivity index (χ1v) is 8.02. The van der Waals surface area contributed by atoms with E-state index in [-0.39, 0.29) is 23.6 Å². The van der Waals surface area contributed by atoms with Gasteiger partial charge in [-0.25, -0.2) is 9.97 Å². The maximum atomic E-state index is 12.6. The molecule has 0 amide bonds. The molecular weight excluding hydrogens is 363 g/mol. The van der Waals surface area contributed by atoms with E-state index in [1.54, 1.807) is 12.1 Å². The molecular formula is C18H16F3N3O3. The molecule has 6 nitrogen and oxygen atoms in total. The minimum atomic E-state index is -4.38. The molecule has 0 unspecified atom stereocenters. The van der Waals surface area contributed by atoms with E-state index >= 15 is 0 Å². The summed E-state index contributed by atoms with van der Waals surface area (Å²) < 4.78 is 49.6. The van der Waals surface area contributed by atoms with Crippen LogP contribution in [0.2, 0.25) is 0 Å². The fourth-order valence-electron chi connectivity index (χ4n) is 2.39. The lowest BCUT2D eigenvalue weighted by molar-refractivity contribution is -0.137. The molecule has 0 aliphatic rings. The van der Waals surface area contributed by atoms with Crippen LogP contribution in [-0.4, -0.2) is 28.3 Å². The van der Waals surface area contributed by atoms with Gasteiger partial charge in [0.15, 0.2) is 5.52 Å². The van der Waals surface area contributed by atoms with Crippen LogP contribution < -0.4 is 10.3 Å². The number of aromatic nitrogens is 3. The van der Waals surface area contributed by atoms with Crippen LogP contribution in [0.25, 0.3) is 11.0 Å². The topological polar surface area (TPSA) is 66.2 Å². The molecule has 1 aromatic carbocycles. The predicted octanol–water partition coefficient (Wildman–Crippen LogP) is 3.04. The SMILES string of the molecule is COCCn1cnc2ccc(OCc3ccc(C(F)(F)F)cc3)nc2c1=O. The summed E-state index contributed by atoms with van der Waals surface area (Å²) >= 11 is 0. The first-order valence-electron chi connectivity index (χ1n) is 8.02. The number of pyridine rings is 1. The highest BCUT2D eigenvalue weighted by molar-refractivity contribution is 5.73. The number of ether oxygens (including phenoxy) is 2. The van der Waals surface area contributed by atoms with E-state index in [9.17, 15) is 18.0 Å². The molecule has 3 aromatic rings. The zero-order valence-electron chi connectivity index (χ0n) is 14.4. The van der Waals surface area contributed by atoms with Crippen LogP contribution in [-0.2, 0) is 24.1 Å². The largest absolute Gasteiger partial charge is 0.473 e. The number of methoxy groups -OCH3 is 1. The van der Waals surface area contributed by atoms with Gasteiger partial charge in [-0.05, 0) is 23.8 Å². The second-order valence-electron chi connectivity index (χ2n) is 5.74. The minimum Gasteiger partial charge on any atom is -0.473 e. The zero-order chi connectivity index (χ0) is 19.4. The Morgan fingerprint density at radius 1 is 1.11 bits per heavy atom. The maximum Gasteiger partial charge on any atom is 0.416 e. The summed E-state index contributed by atoms with van der Waals surface area (Å²) in [5, 5.41) is 0.